The first kappa shape index (κ1) is 15.6. The van der Waals surface area contributed by atoms with Crippen LogP contribution in [0.25, 0.3) is 0 Å². The van der Waals surface area contributed by atoms with Crippen molar-refractivity contribution >= 4 is 5.91 Å². The predicted octanol–water partition coefficient (Wildman–Crippen LogP) is 2.13. The summed E-state index contributed by atoms with van der Waals surface area (Å²) in [5.41, 5.74) is 1.12. The lowest BCUT2D eigenvalue weighted by Gasteiger charge is -2.29. The molecule has 1 aromatic carbocycles. The fraction of sp³-hybridized carbons (Fsp3) is 0.533. The van der Waals surface area contributed by atoms with Crippen molar-refractivity contribution in [2.45, 2.75) is 32.7 Å². The van der Waals surface area contributed by atoms with E-state index in [0.717, 1.165) is 12.0 Å². The molecule has 0 bridgehead atoms. The lowest BCUT2D eigenvalue weighted by Crippen LogP contribution is -2.52. The molecule has 106 valence electrons. The highest BCUT2D eigenvalue weighted by Gasteiger charge is 2.28. The van der Waals surface area contributed by atoms with Gasteiger partial charge in [0, 0.05) is 13.6 Å². The van der Waals surface area contributed by atoms with Gasteiger partial charge in [-0.05, 0) is 51.4 Å². The quantitative estimate of drug-likeness (QED) is 0.885. The highest BCUT2D eigenvalue weighted by Crippen LogP contribution is 2.11. The molecule has 1 rings (SSSR count). The van der Waals surface area contributed by atoms with Gasteiger partial charge in [-0.2, -0.15) is 0 Å². The highest BCUT2D eigenvalue weighted by molar-refractivity contribution is 5.85. The van der Waals surface area contributed by atoms with Gasteiger partial charge in [0.2, 0.25) is 5.91 Å². The number of carbonyl (C=O) groups excluding carboxylic acids is 1. The number of amides is 1. The molecule has 0 radical (unpaired) electrons. The van der Waals surface area contributed by atoms with E-state index in [1.165, 1.54) is 6.07 Å². The minimum absolute atomic E-state index is 0.0498. The lowest BCUT2D eigenvalue weighted by atomic mass is 10.0. The van der Waals surface area contributed by atoms with Gasteiger partial charge in [-0.25, -0.2) is 4.39 Å². The number of nitrogens with zero attached hydrogens (tertiary/aromatic N) is 1. The van der Waals surface area contributed by atoms with Crippen LogP contribution in [0, 0.1) is 12.7 Å². The van der Waals surface area contributed by atoms with Crippen molar-refractivity contribution in [1.82, 2.24) is 10.2 Å². The van der Waals surface area contributed by atoms with Crippen LogP contribution in [0.4, 0.5) is 4.39 Å². The summed E-state index contributed by atoms with van der Waals surface area (Å²) in [6.07, 6.45) is 0.725. The summed E-state index contributed by atoms with van der Waals surface area (Å²) in [5.74, 6) is -0.140. The maximum Gasteiger partial charge on any atom is 0.242 e. The van der Waals surface area contributed by atoms with E-state index in [1.807, 2.05) is 19.9 Å². The third-order valence-corrected chi connectivity index (χ3v) is 3.46. The molecule has 1 amide bonds. The number of likely N-dealkylation sites (N-methyl/N-ethyl adjacent to an activating group) is 2. The van der Waals surface area contributed by atoms with E-state index in [2.05, 4.69) is 5.32 Å². The molecular formula is C15H23FN2O. The van der Waals surface area contributed by atoms with Gasteiger partial charge in [0.25, 0.3) is 0 Å². The molecule has 0 aliphatic rings. The van der Waals surface area contributed by atoms with E-state index in [0.29, 0.717) is 12.1 Å². The minimum atomic E-state index is -0.562. The molecular weight excluding hydrogens is 243 g/mol. The molecule has 0 atom stereocenters. The largest absolute Gasteiger partial charge is 0.344 e. The molecule has 4 heteroatoms. The molecule has 0 saturated heterocycles. The molecule has 3 nitrogen and oxygen atoms in total. The number of halogens is 1. The van der Waals surface area contributed by atoms with E-state index in [9.17, 15) is 9.18 Å². The van der Waals surface area contributed by atoms with Crippen molar-refractivity contribution in [2.75, 3.05) is 20.6 Å². The van der Waals surface area contributed by atoms with Crippen LogP contribution in [0.2, 0.25) is 0 Å². The Hall–Kier alpha value is -1.42. The first-order chi connectivity index (χ1) is 8.77. The summed E-state index contributed by atoms with van der Waals surface area (Å²) in [7, 11) is 3.56. The molecule has 0 aliphatic carbocycles. The standard InChI is InChI=1S/C15H23FN2O/c1-11-10-12(6-7-13(11)16)8-9-18(5)14(19)15(2,3)17-4/h6-7,10,17H,8-9H2,1-5H3. The lowest BCUT2D eigenvalue weighted by molar-refractivity contribution is -0.135. The zero-order chi connectivity index (χ0) is 14.6. The normalized spacial score (nSPS) is 11.5. The average Bonchev–Trinajstić information content (AvgIpc) is 2.38. The number of nitrogens with one attached hydrogen (secondary N) is 1. The fourth-order valence-electron chi connectivity index (χ4n) is 1.84. The van der Waals surface area contributed by atoms with Crippen LogP contribution in [0.15, 0.2) is 18.2 Å². The molecule has 1 aromatic rings. The van der Waals surface area contributed by atoms with Gasteiger partial charge in [0.1, 0.15) is 5.82 Å². The molecule has 0 fully saturated rings. The van der Waals surface area contributed by atoms with Gasteiger partial charge < -0.3 is 10.2 Å². The molecule has 1 N–H and O–H groups in total. The van der Waals surface area contributed by atoms with E-state index in [-0.39, 0.29) is 11.7 Å². The zero-order valence-corrected chi connectivity index (χ0v) is 12.4. The van der Waals surface area contributed by atoms with Crippen LogP contribution in [0.5, 0.6) is 0 Å². The van der Waals surface area contributed by atoms with Crippen LogP contribution >= 0.6 is 0 Å². The SMILES string of the molecule is CNC(C)(C)C(=O)N(C)CCc1ccc(F)c(C)c1. The van der Waals surface area contributed by atoms with Crippen molar-refractivity contribution in [3.8, 4) is 0 Å². The molecule has 0 unspecified atom stereocenters. The Morgan fingerprint density at radius 2 is 2.05 bits per heavy atom. The number of hydrogen-bond acceptors (Lipinski definition) is 2. The summed E-state index contributed by atoms with van der Waals surface area (Å²) in [4.78, 5) is 13.8. The second kappa shape index (κ2) is 6.15. The number of aryl methyl sites for hydroxylation is 1. The van der Waals surface area contributed by atoms with Gasteiger partial charge in [-0.3, -0.25) is 4.79 Å². The van der Waals surface area contributed by atoms with E-state index in [1.54, 1.807) is 32.0 Å². The zero-order valence-electron chi connectivity index (χ0n) is 12.4. The highest BCUT2D eigenvalue weighted by atomic mass is 19.1. The van der Waals surface area contributed by atoms with Gasteiger partial charge in [0.15, 0.2) is 0 Å². The summed E-state index contributed by atoms with van der Waals surface area (Å²) < 4.78 is 13.2. The Morgan fingerprint density at radius 3 is 2.58 bits per heavy atom. The average molecular weight is 266 g/mol. The number of benzene rings is 1. The van der Waals surface area contributed by atoms with Crippen LogP contribution in [-0.2, 0) is 11.2 Å². The first-order valence-corrected chi connectivity index (χ1v) is 6.47. The number of rotatable bonds is 5. The summed E-state index contributed by atoms with van der Waals surface area (Å²) in [6.45, 7) is 6.08. The molecule has 0 aliphatic heterocycles. The summed E-state index contributed by atoms with van der Waals surface area (Å²) >= 11 is 0. The van der Waals surface area contributed by atoms with Gasteiger partial charge in [0.05, 0.1) is 5.54 Å². The van der Waals surface area contributed by atoms with Crippen LogP contribution in [0.3, 0.4) is 0 Å². The van der Waals surface area contributed by atoms with Crippen molar-refractivity contribution in [3.05, 3.63) is 35.1 Å². The second-order valence-corrected chi connectivity index (χ2v) is 5.44. The smallest absolute Gasteiger partial charge is 0.242 e. The predicted molar refractivity (Wildman–Crippen MR) is 75.6 cm³/mol. The van der Waals surface area contributed by atoms with Crippen molar-refractivity contribution in [2.24, 2.45) is 0 Å². The number of hydrogen-bond donors (Lipinski definition) is 1. The fourth-order valence-corrected chi connectivity index (χ4v) is 1.84. The Morgan fingerprint density at radius 1 is 1.42 bits per heavy atom. The van der Waals surface area contributed by atoms with Crippen molar-refractivity contribution in [3.63, 3.8) is 0 Å². The Labute approximate surface area is 114 Å². The van der Waals surface area contributed by atoms with Crippen LogP contribution in [0.1, 0.15) is 25.0 Å². The van der Waals surface area contributed by atoms with Gasteiger partial charge in [-0.1, -0.05) is 12.1 Å². The van der Waals surface area contributed by atoms with Crippen LogP contribution in [-0.4, -0.2) is 37.0 Å². The third kappa shape index (κ3) is 4.03. The molecule has 0 aromatic heterocycles. The molecule has 0 spiro atoms. The van der Waals surface area contributed by atoms with E-state index < -0.39 is 5.54 Å². The maximum absolute atomic E-state index is 13.2. The topological polar surface area (TPSA) is 32.3 Å². The molecule has 19 heavy (non-hydrogen) atoms. The Balaban J connectivity index is 2.61. The minimum Gasteiger partial charge on any atom is -0.344 e. The maximum atomic E-state index is 13.2. The van der Waals surface area contributed by atoms with E-state index in [4.69, 9.17) is 0 Å². The van der Waals surface area contributed by atoms with Gasteiger partial charge >= 0.3 is 0 Å². The molecule has 0 heterocycles. The van der Waals surface area contributed by atoms with Gasteiger partial charge in [-0.15, -0.1) is 0 Å². The van der Waals surface area contributed by atoms with Crippen molar-refractivity contribution < 1.29 is 9.18 Å². The van der Waals surface area contributed by atoms with Crippen molar-refractivity contribution in [1.29, 1.82) is 0 Å². The Kier molecular flexibility index (Phi) is 5.06. The summed E-state index contributed by atoms with van der Waals surface area (Å²) in [5, 5.41) is 3.00. The number of carbonyl (C=O) groups is 1. The second-order valence-electron chi connectivity index (χ2n) is 5.44. The third-order valence-electron chi connectivity index (χ3n) is 3.46. The molecule has 0 saturated carbocycles. The monoisotopic (exact) mass is 266 g/mol. The van der Waals surface area contributed by atoms with E-state index >= 15 is 0 Å². The van der Waals surface area contributed by atoms with Crippen LogP contribution < -0.4 is 5.32 Å². The summed E-state index contributed by atoms with van der Waals surface area (Å²) in [6, 6.07) is 5.07. The first-order valence-electron chi connectivity index (χ1n) is 6.47. The Bertz CT molecular complexity index is 457.